The molecule has 1 aliphatic rings. The van der Waals surface area contributed by atoms with Gasteiger partial charge in [-0.2, -0.15) is 0 Å². The number of hydrogen-bond donors (Lipinski definition) is 2. The second kappa shape index (κ2) is 6.24. The van der Waals surface area contributed by atoms with Gasteiger partial charge in [0.25, 0.3) is 0 Å². The number of amides is 1. The minimum atomic E-state index is -1.02. The van der Waals surface area contributed by atoms with Crippen molar-refractivity contribution in [3.8, 4) is 0 Å². The highest BCUT2D eigenvalue weighted by molar-refractivity contribution is 6.31. The number of hydrogen-bond acceptors (Lipinski definition) is 3. The maximum absolute atomic E-state index is 11.9. The van der Waals surface area contributed by atoms with Crippen LogP contribution in [-0.2, 0) is 20.9 Å². The summed E-state index contributed by atoms with van der Waals surface area (Å²) >= 11 is 5.93. The summed E-state index contributed by atoms with van der Waals surface area (Å²) in [5.74, 6) is -1.30. The first-order valence-electron chi connectivity index (χ1n) is 6.38. The van der Waals surface area contributed by atoms with Crippen LogP contribution in [0.2, 0.25) is 5.02 Å². The molecule has 1 fully saturated rings. The van der Waals surface area contributed by atoms with E-state index in [-0.39, 0.29) is 5.91 Å². The van der Waals surface area contributed by atoms with Gasteiger partial charge in [0.1, 0.15) is 6.10 Å². The number of carbonyl (C=O) groups is 2. The van der Waals surface area contributed by atoms with E-state index in [0.29, 0.717) is 24.4 Å². The molecule has 1 heterocycles. The fourth-order valence-electron chi connectivity index (χ4n) is 2.13. The minimum absolute atomic E-state index is 0.277. The van der Waals surface area contributed by atoms with Crippen LogP contribution in [0.3, 0.4) is 0 Å². The van der Waals surface area contributed by atoms with E-state index >= 15 is 0 Å². The summed E-state index contributed by atoms with van der Waals surface area (Å²) in [4.78, 5) is 22.6. The summed E-state index contributed by atoms with van der Waals surface area (Å²) in [6.07, 6.45) is -0.747. The Bertz CT molecular complexity index is 532. The van der Waals surface area contributed by atoms with Crippen molar-refractivity contribution < 1.29 is 19.4 Å². The summed E-state index contributed by atoms with van der Waals surface area (Å²) in [6.45, 7) is 2.26. The third-order valence-corrected chi connectivity index (χ3v) is 3.70. The quantitative estimate of drug-likeness (QED) is 0.890. The molecule has 0 aliphatic carbocycles. The summed E-state index contributed by atoms with van der Waals surface area (Å²) < 4.78 is 5.18. The highest BCUT2D eigenvalue weighted by Gasteiger charge is 2.34. The van der Waals surface area contributed by atoms with Crippen molar-refractivity contribution in [2.75, 3.05) is 0 Å². The molecule has 0 radical (unpaired) electrons. The van der Waals surface area contributed by atoms with Crippen LogP contribution in [-0.4, -0.2) is 29.2 Å². The Kier molecular flexibility index (Phi) is 4.62. The van der Waals surface area contributed by atoms with E-state index in [0.717, 1.165) is 11.1 Å². The molecule has 2 atom stereocenters. The first kappa shape index (κ1) is 14.8. The van der Waals surface area contributed by atoms with Crippen LogP contribution in [0.5, 0.6) is 0 Å². The van der Waals surface area contributed by atoms with Crippen molar-refractivity contribution in [1.82, 2.24) is 5.32 Å². The molecule has 2 N–H and O–H groups in total. The number of carboxylic acid groups (broad SMARTS) is 1. The number of carbonyl (C=O) groups excluding carboxylic acids is 1. The van der Waals surface area contributed by atoms with Gasteiger partial charge < -0.3 is 15.2 Å². The molecule has 20 heavy (non-hydrogen) atoms. The zero-order valence-corrected chi connectivity index (χ0v) is 11.8. The Morgan fingerprint density at radius 3 is 2.70 bits per heavy atom. The maximum atomic E-state index is 11.9. The Morgan fingerprint density at radius 1 is 1.40 bits per heavy atom. The number of halogens is 1. The predicted octanol–water partition coefficient (Wildman–Crippen LogP) is 1.90. The number of ether oxygens (including phenoxy) is 1. The van der Waals surface area contributed by atoms with E-state index in [9.17, 15) is 9.59 Å². The Balaban J connectivity index is 1.86. The number of rotatable bonds is 4. The Hall–Kier alpha value is -1.59. The molecule has 1 aromatic carbocycles. The first-order valence-corrected chi connectivity index (χ1v) is 6.76. The monoisotopic (exact) mass is 297 g/mol. The van der Waals surface area contributed by atoms with Crippen molar-refractivity contribution in [2.45, 2.75) is 38.5 Å². The molecule has 0 aromatic heterocycles. The zero-order valence-electron chi connectivity index (χ0n) is 11.1. The SMILES string of the molecule is Cc1cc(CNC(=O)[C@@H]2CC[C@H](C(=O)O)O2)ccc1Cl. The molecule has 1 amide bonds. The molecular weight excluding hydrogens is 282 g/mol. The number of carboxylic acids is 1. The average Bonchev–Trinajstić information content (AvgIpc) is 2.89. The van der Waals surface area contributed by atoms with E-state index in [4.69, 9.17) is 21.4 Å². The van der Waals surface area contributed by atoms with Crippen molar-refractivity contribution in [3.63, 3.8) is 0 Å². The van der Waals surface area contributed by atoms with Crippen LogP contribution < -0.4 is 5.32 Å². The van der Waals surface area contributed by atoms with Gasteiger partial charge in [0.05, 0.1) is 0 Å². The van der Waals surface area contributed by atoms with Crippen LogP contribution in [0, 0.1) is 6.92 Å². The lowest BCUT2D eigenvalue weighted by molar-refractivity contribution is -0.151. The number of aliphatic carboxylic acids is 1. The second-order valence-electron chi connectivity index (χ2n) is 4.83. The van der Waals surface area contributed by atoms with Gasteiger partial charge in [0.2, 0.25) is 5.91 Å². The van der Waals surface area contributed by atoms with Crippen LogP contribution in [0.25, 0.3) is 0 Å². The summed E-state index contributed by atoms with van der Waals surface area (Å²) in [5.41, 5.74) is 1.88. The number of benzene rings is 1. The van der Waals surface area contributed by atoms with Crippen LogP contribution in [0.15, 0.2) is 18.2 Å². The van der Waals surface area contributed by atoms with E-state index < -0.39 is 18.2 Å². The van der Waals surface area contributed by atoms with Gasteiger partial charge in [-0.15, -0.1) is 0 Å². The van der Waals surface area contributed by atoms with Gasteiger partial charge in [-0.1, -0.05) is 23.7 Å². The van der Waals surface area contributed by atoms with Crippen molar-refractivity contribution in [1.29, 1.82) is 0 Å². The lowest BCUT2D eigenvalue weighted by Crippen LogP contribution is -2.35. The molecule has 0 bridgehead atoms. The summed E-state index contributed by atoms with van der Waals surface area (Å²) in [5, 5.41) is 12.2. The second-order valence-corrected chi connectivity index (χ2v) is 5.24. The highest BCUT2D eigenvalue weighted by atomic mass is 35.5. The predicted molar refractivity (Wildman–Crippen MR) is 73.6 cm³/mol. The van der Waals surface area contributed by atoms with Gasteiger partial charge >= 0.3 is 5.97 Å². The topological polar surface area (TPSA) is 75.6 Å². The lowest BCUT2D eigenvalue weighted by atomic mass is 10.1. The van der Waals surface area contributed by atoms with E-state index in [2.05, 4.69) is 5.32 Å². The molecule has 108 valence electrons. The smallest absolute Gasteiger partial charge is 0.332 e. The molecular formula is C14H16ClNO4. The molecule has 6 heteroatoms. The fourth-order valence-corrected chi connectivity index (χ4v) is 2.25. The third-order valence-electron chi connectivity index (χ3n) is 3.28. The van der Waals surface area contributed by atoms with E-state index in [1.807, 2.05) is 19.1 Å². The molecule has 0 unspecified atom stereocenters. The molecule has 1 aromatic rings. The van der Waals surface area contributed by atoms with Crippen molar-refractivity contribution in [2.24, 2.45) is 0 Å². The average molecular weight is 298 g/mol. The normalized spacial score (nSPS) is 21.7. The van der Waals surface area contributed by atoms with Crippen molar-refractivity contribution in [3.05, 3.63) is 34.3 Å². The van der Waals surface area contributed by atoms with Gasteiger partial charge in [0, 0.05) is 11.6 Å². The number of nitrogens with one attached hydrogen (secondary N) is 1. The van der Waals surface area contributed by atoms with E-state index in [1.165, 1.54) is 0 Å². The highest BCUT2D eigenvalue weighted by Crippen LogP contribution is 2.20. The van der Waals surface area contributed by atoms with Gasteiger partial charge in [-0.05, 0) is 37.0 Å². The van der Waals surface area contributed by atoms with Gasteiger partial charge in [0.15, 0.2) is 6.10 Å². The molecule has 1 saturated heterocycles. The third kappa shape index (κ3) is 3.49. The fraction of sp³-hybridized carbons (Fsp3) is 0.429. The number of aryl methyl sites for hydroxylation is 1. The zero-order chi connectivity index (χ0) is 14.7. The molecule has 1 aliphatic heterocycles. The Morgan fingerprint density at radius 2 is 2.10 bits per heavy atom. The standard InChI is InChI=1S/C14H16ClNO4/c1-8-6-9(2-3-10(8)15)7-16-13(17)11-4-5-12(20-11)14(18)19/h2-3,6,11-12H,4-5,7H2,1H3,(H,16,17)(H,18,19)/t11-,12+/m0/s1. The van der Waals surface area contributed by atoms with Crippen molar-refractivity contribution >= 4 is 23.5 Å². The molecule has 5 nitrogen and oxygen atoms in total. The summed E-state index contributed by atoms with van der Waals surface area (Å²) in [6, 6.07) is 5.52. The maximum Gasteiger partial charge on any atom is 0.332 e. The largest absolute Gasteiger partial charge is 0.479 e. The first-order chi connectivity index (χ1) is 9.47. The molecule has 0 spiro atoms. The minimum Gasteiger partial charge on any atom is -0.479 e. The van der Waals surface area contributed by atoms with Crippen LogP contribution in [0.1, 0.15) is 24.0 Å². The Labute approximate surface area is 121 Å². The van der Waals surface area contributed by atoms with Crippen LogP contribution in [0.4, 0.5) is 0 Å². The molecule has 0 saturated carbocycles. The summed E-state index contributed by atoms with van der Waals surface area (Å²) in [7, 11) is 0. The lowest BCUT2D eigenvalue weighted by Gasteiger charge is -2.12. The van der Waals surface area contributed by atoms with Gasteiger partial charge in [-0.3, -0.25) is 4.79 Å². The van der Waals surface area contributed by atoms with Crippen LogP contribution >= 0.6 is 11.6 Å². The van der Waals surface area contributed by atoms with E-state index in [1.54, 1.807) is 6.07 Å². The van der Waals surface area contributed by atoms with Gasteiger partial charge in [-0.25, -0.2) is 4.79 Å². The molecule has 2 rings (SSSR count).